The standard InChI is InChI=1S/C28H31F6N3O2/c1-16-7-5-6-8-23(16)25-24-15-36(18(3)38)14-19(24)9-10-37(25)26(39)35(4)17(2)20-11-21(27(29,30)31)13-22(12-20)28(32,33)34/h5-8,11-13,17,19,24-25H,9-10,14-15H2,1-4H3/t17-,19-,24-,25+/m1/s1. The number of urea groups is 1. The van der Waals surface area contributed by atoms with Gasteiger partial charge < -0.3 is 14.7 Å². The lowest BCUT2D eigenvalue weighted by molar-refractivity contribution is -0.143. The van der Waals surface area contributed by atoms with E-state index in [4.69, 9.17) is 0 Å². The van der Waals surface area contributed by atoms with Crippen LogP contribution in [-0.2, 0) is 17.1 Å². The highest BCUT2D eigenvalue weighted by Gasteiger charge is 2.47. The summed E-state index contributed by atoms with van der Waals surface area (Å²) >= 11 is 0. The van der Waals surface area contributed by atoms with Crippen molar-refractivity contribution in [2.75, 3.05) is 26.7 Å². The molecule has 2 aliphatic heterocycles. The maximum atomic E-state index is 13.9. The molecule has 0 N–H and O–H groups in total. The van der Waals surface area contributed by atoms with Gasteiger partial charge in [0.2, 0.25) is 5.91 Å². The summed E-state index contributed by atoms with van der Waals surface area (Å²) in [4.78, 5) is 30.7. The molecule has 2 aliphatic rings. The van der Waals surface area contributed by atoms with Gasteiger partial charge in [0.05, 0.1) is 23.2 Å². The number of rotatable bonds is 3. The first kappa shape index (κ1) is 28.8. The van der Waals surface area contributed by atoms with E-state index < -0.39 is 41.6 Å². The fourth-order valence-electron chi connectivity index (χ4n) is 5.84. The third-order valence-electron chi connectivity index (χ3n) is 8.15. The van der Waals surface area contributed by atoms with Gasteiger partial charge in [-0.2, -0.15) is 26.3 Å². The van der Waals surface area contributed by atoms with Crippen molar-refractivity contribution < 1.29 is 35.9 Å². The average Bonchev–Trinajstić information content (AvgIpc) is 3.31. The molecule has 0 spiro atoms. The van der Waals surface area contributed by atoms with E-state index in [1.807, 2.05) is 31.2 Å². The molecule has 0 aromatic heterocycles. The molecule has 3 amide bonds. The van der Waals surface area contributed by atoms with Gasteiger partial charge in [0.25, 0.3) is 0 Å². The molecular weight excluding hydrogens is 524 g/mol. The lowest BCUT2D eigenvalue weighted by Gasteiger charge is -2.45. The molecule has 4 rings (SSSR count). The van der Waals surface area contributed by atoms with Crippen molar-refractivity contribution in [1.82, 2.24) is 14.7 Å². The van der Waals surface area contributed by atoms with Crippen LogP contribution in [0.2, 0.25) is 0 Å². The zero-order valence-corrected chi connectivity index (χ0v) is 22.1. The van der Waals surface area contributed by atoms with E-state index in [1.165, 1.54) is 25.8 Å². The monoisotopic (exact) mass is 555 g/mol. The van der Waals surface area contributed by atoms with Crippen molar-refractivity contribution in [1.29, 1.82) is 0 Å². The van der Waals surface area contributed by atoms with Crippen LogP contribution in [0.5, 0.6) is 0 Å². The summed E-state index contributed by atoms with van der Waals surface area (Å²) in [6, 6.07) is 7.02. The molecule has 0 aliphatic carbocycles. The van der Waals surface area contributed by atoms with Crippen LogP contribution in [0.1, 0.15) is 60.2 Å². The van der Waals surface area contributed by atoms with Gasteiger partial charge in [0.15, 0.2) is 0 Å². The molecule has 2 aromatic rings. The number of nitrogens with zero attached hydrogens (tertiary/aromatic N) is 3. The number of benzene rings is 2. The van der Waals surface area contributed by atoms with Crippen LogP contribution < -0.4 is 0 Å². The largest absolute Gasteiger partial charge is 0.416 e. The van der Waals surface area contributed by atoms with Gasteiger partial charge in [-0.05, 0) is 61.1 Å². The predicted octanol–water partition coefficient (Wildman–Crippen LogP) is 6.69. The second-order valence-electron chi connectivity index (χ2n) is 10.5. The van der Waals surface area contributed by atoms with E-state index in [9.17, 15) is 35.9 Å². The highest BCUT2D eigenvalue weighted by atomic mass is 19.4. The molecule has 2 heterocycles. The number of likely N-dealkylation sites (tertiary alicyclic amines) is 2. The normalized spacial score (nSPS) is 22.5. The van der Waals surface area contributed by atoms with E-state index in [2.05, 4.69) is 0 Å². The van der Waals surface area contributed by atoms with Gasteiger partial charge in [-0.15, -0.1) is 0 Å². The van der Waals surface area contributed by atoms with E-state index in [1.54, 1.807) is 9.80 Å². The number of fused-ring (bicyclic) bond motifs is 1. The van der Waals surface area contributed by atoms with Gasteiger partial charge in [-0.3, -0.25) is 4.79 Å². The van der Waals surface area contributed by atoms with E-state index in [-0.39, 0.29) is 29.4 Å². The minimum atomic E-state index is -4.98. The number of halogens is 6. The zero-order chi connectivity index (χ0) is 28.9. The van der Waals surface area contributed by atoms with Gasteiger partial charge in [0.1, 0.15) is 0 Å². The lowest BCUT2D eigenvalue weighted by atomic mass is 9.78. The highest BCUT2D eigenvalue weighted by Crippen LogP contribution is 2.45. The summed E-state index contributed by atoms with van der Waals surface area (Å²) < 4.78 is 80.7. The van der Waals surface area contributed by atoms with Crippen LogP contribution in [0.4, 0.5) is 31.1 Å². The Kier molecular flexibility index (Phi) is 7.66. The van der Waals surface area contributed by atoms with Crippen molar-refractivity contribution >= 4 is 11.9 Å². The fraction of sp³-hybridized carbons (Fsp3) is 0.500. The lowest BCUT2D eigenvalue weighted by Crippen LogP contribution is -2.51. The number of hydrogen-bond acceptors (Lipinski definition) is 2. The number of carbonyl (C=O) groups is 2. The maximum absolute atomic E-state index is 13.9. The van der Waals surface area contributed by atoms with Gasteiger partial charge in [0, 0.05) is 39.5 Å². The molecular formula is C28H31F6N3O2. The van der Waals surface area contributed by atoms with Crippen LogP contribution in [0.3, 0.4) is 0 Å². The zero-order valence-electron chi connectivity index (χ0n) is 22.1. The van der Waals surface area contributed by atoms with Crippen molar-refractivity contribution in [2.24, 2.45) is 11.8 Å². The van der Waals surface area contributed by atoms with Crippen molar-refractivity contribution in [3.8, 4) is 0 Å². The Bertz CT molecular complexity index is 1210. The molecule has 0 unspecified atom stereocenters. The molecule has 2 fully saturated rings. The Labute approximate surface area is 223 Å². The second kappa shape index (κ2) is 10.4. The van der Waals surface area contributed by atoms with Crippen LogP contribution in [-0.4, -0.2) is 53.3 Å². The molecule has 2 aromatic carbocycles. The first-order valence-electron chi connectivity index (χ1n) is 12.7. The fourth-order valence-corrected chi connectivity index (χ4v) is 5.84. The molecule has 0 bridgehead atoms. The third-order valence-corrected chi connectivity index (χ3v) is 8.15. The Morgan fingerprint density at radius 3 is 2.10 bits per heavy atom. The third kappa shape index (κ3) is 5.72. The number of amides is 3. The van der Waals surface area contributed by atoms with E-state index in [0.717, 1.165) is 11.1 Å². The number of hydrogen-bond donors (Lipinski definition) is 0. The molecule has 5 nitrogen and oxygen atoms in total. The predicted molar refractivity (Wildman–Crippen MR) is 132 cm³/mol. The Balaban J connectivity index is 1.69. The molecule has 212 valence electrons. The van der Waals surface area contributed by atoms with Crippen LogP contribution in [0.15, 0.2) is 42.5 Å². The summed E-state index contributed by atoms with van der Waals surface area (Å²) in [6.07, 6.45) is -9.34. The van der Waals surface area contributed by atoms with Crippen LogP contribution in [0, 0.1) is 18.8 Å². The summed E-state index contributed by atoms with van der Waals surface area (Å²) in [5.74, 6) is 0.0615. The van der Waals surface area contributed by atoms with Crippen LogP contribution >= 0.6 is 0 Å². The highest BCUT2D eigenvalue weighted by molar-refractivity contribution is 5.76. The number of alkyl halides is 6. The smallest absolute Gasteiger partial charge is 0.342 e. The van der Waals surface area contributed by atoms with Gasteiger partial charge in [-0.1, -0.05) is 24.3 Å². The summed E-state index contributed by atoms with van der Waals surface area (Å²) in [5, 5.41) is 0. The SMILES string of the molecule is CC(=O)N1C[C@H]2CCN(C(=O)N(C)[C@H](C)c3cc(C(F)(F)F)cc(C(F)(F)F)c3)[C@@H](c3ccccc3C)[C@@H]2C1. The van der Waals surface area contributed by atoms with Crippen molar-refractivity contribution in [3.05, 3.63) is 70.3 Å². The first-order valence-corrected chi connectivity index (χ1v) is 12.7. The van der Waals surface area contributed by atoms with Gasteiger partial charge >= 0.3 is 18.4 Å². The molecule has 0 saturated carbocycles. The summed E-state index contributed by atoms with van der Waals surface area (Å²) in [7, 11) is 1.39. The molecule has 0 radical (unpaired) electrons. The molecule has 11 heteroatoms. The van der Waals surface area contributed by atoms with Gasteiger partial charge in [-0.25, -0.2) is 4.79 Å². The Morgan fingerprint density at radius 2 is 1.56 bits per heavy atom. The Hall–Kier alpha value is -3.24. The van der Waals surface area contributed by atoms with Crippen molar-refractivity contribution in [3.63, 3.8) is 0 Å². The quantitative estimate of drug-likeness (QED) is 0.397. The Morgan fingerprint density at radius 1 is 0.974 bits per heavy atom. The summed E-state index contributed by atoms with van der Waals surface area (Å²) in [6.45, 7) is 6.23. The molecule has 4 atom stereocenters. The topological polar surface area (TPSA) is 43.9 Å². The number of carbonyl (C=O) groups excluding carboxylic acids is 2. The van der Waals surface area contributed by atoms with Crippen LogP contribution in [0.25, 0.3) is 0 Å². The van der Waals surface area contributed by atoms with E-state index >= 15 is 0 Å². The number of aryl methyl sites for hydroxylation is 1. The first-order chi connectivity index (χ1) is 18.1. The minimum Gasteiger partial charge on any atom is -0.342 e. The van der Waals surface area contributed by atoms with E-state index in [0.29, 0.717) is 38.2 Å². The summed E-state index contributed by atoms with van der Waals surface area (Å²) in [5.41, 5.74) is -1.25. The molecule has 39 heavy (non-hydrogen) atoms. The molecule has 2 saturated heterocycles. The average molecular weight is 556 g/mol. The van der Waals surface area contributed by atoms with Crippen molar-refractivity contribution in [2.45, 2.75) is 51.6 Å². The number of piperidine rings is 1. The minimum absolute atomic E-state index is 0.0539. The maximum Gasteiger partial charge on any atom is 0.416 e. The second-order valence-corrected chi connectivity index (χ2v) is 10.5.